The van der Waals surface area contributed by atoms with Crippen molar-refractivity contribution >= 4 is 5.96 Å². The Balaban J connectivity index is 1.42. The zero-order valence-corrected chi connectivity index (χ0v) is 18.9. The molecule has 0 amide bonds. The van der Waals surface area contributed by atoms with E-state index in [0.717, 1.165) is 57.5 Å². The molecule has 0 spiro atoms. The minimum atomic E-state index is -0.227. The van der Waals surface area contributed by atoms with E-state index in [1.54, 1.807) is 0 Å². The molecule has 4 rings (SSSR count). The summed E-state index contributed by atoms with van der Waals surface area (Å²) in [6.45, 7) is 9.57. The summed E-state index contributed by atoms with van der Waals surface area (Å²) in [6.07, 6.45) is 0.873. The zero-order chi connectivity index (χ0) is 21.7. The number of hydrogen-bond donors (Lipinski definition) is 2. The Morgan fingerprint density at radius 1 is 1.06 bits per heavy atom. The molecule has 0 aliphatic carbocycles. The Morgan fingerprint density at radius 3 is 2.55 bits per heavy atom. The van der Waals surface area contributed by atoms with Crippen LogP contribution in [-0.2, 0) is 17.8 Å². The van der Waals surface area contributed by atoms with Crippen molar-refractivity contribution in [3.8, 4) is 5.75 Å². The first-order valence-electron chi connectivity index (χ1n) is 11.2. The van der Waals surface area contributed by atoms with E-state index in [1.165, 1.54) is 16.7 Å². The van der Waals surface area contributed by atoms with Crippen molar-refractivity contribution in [2.24, 2.45) is 4.99 Å². The van der Waals surface area contributed by atoms with Crippen molar-refractivity contribution in [1.29, 1.82) is 0 Å². The molecular formula is C25H34N4O2. The Bertz CT molecular complexity index is 906. The minimum Gasteiger partial charge on any atom is -0.487 e. The van der Waals surface area contributed by atoms with Crippen molar-refractivity contribution < 1.29 is 9.47 Å². The second-order valence-corrected chi connectivity index (χ2v) is 8.88. The molecule has 2 N–H and O–H groups in total. The van der Waals surface area contributed by atoms with Crippen LogP contribution in [0, 0.1) is 0 Å². The summed E-state index contributed by atoms with van der Waals surface area (Å²) in [5, 5.41) is 7.14. The normalized spacial score (nSPS) is 21.1. The average molecular weight is 423 g/mol. The number of fused-ring (bicyclic) bond motifs is 1. The molecule has 0 radical (unpaired) electrons. The zero-order valence-electron chi connectivity index (χ0n) is 18.9. The van der Waals surface area contributed by atoms with Gasteiger partial charge in [-0.3, -0.25) is 9.89 Å². The molecule has 6 nitrogen and oxygen atoms in total. The van der Waals surface area contributed by atoms with Gasteiger partial charge in [-0.15, -0.1) is 0 Å². The van der Waals surface area contributed by atoms with E-state index >= 15 is 0 Å². The topological polar surface area (TPSA) is 58.1 Å². The van der Waals surface area contributed by atoms with Crippen LogP contribution in [-0.4, -0.2) is 49.8 Å². The molecule has 1 unspecified atom stereocenters. The van der Waals surface area contributed by atoms with Gasteiger partial charge in [-0.1, -0.05) is 42.5 Å². The number of nitrogens with one attached hydrogen (secondary N) is 2. The summed E-state index contributed by atoms with van der Waals surface area (Å²) in [6, 6.07) is 17.1. The fraction of sp³-hybridized carbons (Fsp3) is 0.480. The number of morpholine rings is 1. The van der Waals surface area contributed by atoms with Gasteiger partial charge in [0.1, 0.15) is 11.4 Å². The van der Waals surface area contributed by atoms with Crippen molar-refractivity contribution in [3.05, 3.63) is 65.2 Å². The molecule has 2 aliphatic heterocycles. The maximum Gasteiger partial charge on any atom is 0.191 e. The molecule has 0 saturated carbocycles. The van der Waals surface area contributed by atoms with Crippen LogP contribution in [0.3, 0.4) is 0 Å². The van der Waals surface area contributed by atoms with Gasteiger partial charge in [-0.25, -0.2) is 0 Å². The summed E-state index contributed by atoms with van der Waals surface area (Å²) in [5.74, 6) is 1.75. The van der Waals surface area contributed by atoms with Crippen molar-refractivity contribution in [1.82, 2.24) is 15.5 Å². The number of benzene rings is 2. The quantitative estimate of drug-likeness (QED) is 0.571. The number of guanidine groups is 1. The van der Waals surface area contributed by atoms with Gasteiger partial charge in [-0.05, 0) is 31.0 Å². The standard InChI is InChI=1S/C25H34N4O2/c1-25(2)16-22(21-10-6-7-11-23(21)31-25)28-24(26-3)27-17-19-8-4-5-9-20(19)18-29-12-14-30-15-13-29/h4-11,22H,12-18H2,1-3H3,(H2,26,27,28). The highest BCUT2D eigenvalue weighted by atomic mass is 16.5. The highest BCUT2D eigenvalue weighted by molar-refractivity contribution is 5.80. The molecule has 166 valence electrons. The first kappa shape index (κ1) is 21.7. The highest BCUT2D eigenvalue weighted by Crippen LogP contribution is 2.39. The maximum absolute atomic E-state index is 6.17. The van der Waals surface area contributed by atoms with Crippen molar-refractivity contribution in [2.45, 2.75) is 45.0 Å². The molecule has 1 fully saturated rings. The predicted molar refractivity (Wildman–Crippen MR) is 124 cm³/mol. The summed E-state index contributed by atoms with van der Waals surface area (Å²) in [4.78, 5) is 6.94. The molecule has 31 heavy (non-hydrogen) atoms. The smallest absolute Gasteiger partial charge is 0.191 e. The van der Waals surface area contributed by atoms with E-state index < -0.39 is 0 Å². The van der Waals surface area contributed by atoms with Crippen LogP contribution >= 0.6 is 0 Å². The first-order valence-corrected chi connectivity index (χ1v) is 11.2. The fourth-order valence-corrected chi connectivity index (χ4v) is 4.35. The van der Waals surface area contributed by atoms with E-state index in [4.69, 9.17) is 9.47 Å². The van der Waals surface area contributed by atoms with Gasteiger partial charge in [0.2, 0.25) is 0 Å². The van der Waals surface area contributed by atoms with Crippen LogP contribution in [0.25, 0.3) is 0 Å². The first-order chi connectivity index (χ1) is 15.0. The second kappa shape index (κ2) is 9.71. The second-order valence-electron chi connectivity index (χ2n) is 8.88. The summed E-state index contributed by atoms with van der Waals surface area (Å²) >= 11 is 0. The monoisotopic (exact) mass is 422 g/mol. The Hall–Kier alpha value is -2.57. The average Bonchev–Trinajstić information content (AvgIpc) is 2.77. The van der Waals surface area contributed by atoms with E-state index in [9.17, 15) is 0 Å². The maximum atomic E-state index is 6.17. The lowest BCUT2D eigenvalue weighted by molar-refractivity contribution is 0.0341. The van der Waals surface area contributed by atoms with Gasteiger partial charge in [0.15, 0.2) is 5.96 Å². The number of para-hydroxylation sites is 1. The van der Waals surface area contributed by atoms with E-state index in [1.807, 2.05) is 19.2 Å². The number of hydrogen-bond acceptors (Lipinski definition) is 4. The largest absolute Gasteiger partial charge is 0.487 e. The molecule has 2 aliphatic rings. The highest BCUT2D eigenvalue weighted by Gasteiger charge is 2.34. The molecule has 0 bridgehead atoms. The van der Waals surface area contributed by atoms with Crippen LogP contribution in [0.15, 0.2) is 53.5 Å². The molecule has 2 heterocycles. The Morgan fingerprint density at radius 2 is 1.77 bits per heavy atom. The van der Waals surface area contributed by atoms with Crippen LogP contribution < -0.4 is 15.4 Å². The third-order valence-corrected chi connectivity index (χ3v) is 5.97. The fourth-order valence-electron chi connectivity index (χ4n) is 4.35. The molecule has 0 aromatic heterocycles. The molecule has 1 atom stereocenters. The molecule has 2 aromatic rings. The summed E-state index contributed by atoms with van der Waals surface area (Å²) in [5.41, 5.74) is 3.60. The van der Waals surface area contributed by atoms with Gasteiger partial charge >= 0.3 is 0 Å². The lowest BCUT2D eigenvalue weighted by Gasteiger charge is -2.38. The number of ether oxygens (including phenoxy) is 2. The van der Waals surface area contributed by atoms with Crippen LogP contribution in [0.4, 0.5) is 0 Å². The number of aliphatic imine (C=N–C) groups is 1. The van der Waals surface area contributed by atoms with Crippen LogP contribution in [0.1, 0.15) is 43.0 Å². The Kier molecular flexibility index (Phi) is 6.78. The SMILES string of the molecule is CN=C(NCc1ccccc1CN1CCOCC1)NC1CC(C)(C)Oc2ccccc21. The molecular weight excluding hydrogens is 388 g/mol. The van der Waals surface area contributed by atoms with Gasteiger partial charge in [0, 0.05) is 45.2 Å². The lowest BCUT2D eigenvalue weighted by atomic mass is 9.90. The Labute approximate surface area is 185 Å². The van der Waals surface area contributed by atoms with Crippen LogP contribution in [0.5, 0.6) is 5.75 Å². The third-order valence-electron chi connectivity index (χ3n) is 5.97. The van der Waals surface area contributed by atoms with Crippen molar-refractivity contribution in [3.63, 3.8) is 0 Å². The van der Waals surface area contributed by atoms with Gasteiger partial charge in [0.25, 0.3) is 0 Å². The van der Waals surface area contributed by atoms with E-state index in [2.05, 4.69) is 70.8 Å². The van der Waals surface area contributed by atoms with E-state index in [-0.39, 0.29) is 11.6 Å². The minimum absolute atomic E-state index is 0.148. The van der Waals surface area contributed by atoms with Crippen LogP contribution in [0.2, 0.25) is 0 Å². The third kappa shape index (κ3) is 5.57. The van der Waals surface area contributed by atoms with Crippen molar-refractivity contribution in [2.75, 3.05) is 33.4 Å². The summed E-state index contributed by atoms with van der Waals surface area (Å²) in [7, 11) is 1.82. The van der Waals surface area contributed by atoms with Gasteiger partial charge in [0.05, 0.1) is 19.3 Å². The molecule has 6 heteroatoms. The number of nitrogens with zero attached hydrogens (tertiary/aromatic N) is 2. The summed E-state index contributed by atoms with van der Waals surface area (Å²) < 4.78 is 11.7. The molecule has 2 aromatic carbocycles. The lowest BCUT2D eigenvalue weighted by Crippen LogP contribution is -2.45. The van der Waals surface area contributed by atoms with Gasteiger partial charge < -0.3 is 20.1 Å². The van der Waals surface area contributed by atoms with E-state index in [0.29, 0.717) is 0 Å². The van der Waals surface area contributed by atoms with Gasteiger partial charge in [-0.2, -0.15) is 0 Å². The predicted octanol–water partition coefficient (Wildman–Crippen LogP) is 3.49. The number of rotatable bonds is 5. The molecule has 1 saturated heterocycles.